The third kappa shape index (κ3) is 5.20. The first-order chi connectivity index (χ1) is 15.0. The van der Waals surface area contributed by atoms with Crippen LogP contribution in [0.5, 0.6) is 0 Å². The molecule has 0 bridgehead atoms. The molecule has 1 fully saturated rings. The van der Waals surface area contributed by atoms with Crippen molar-refractivity contribution >= 4 is 23.0 Å². The van der Waals surface area contributed by atoms with Gasteiger partial charge >= 0.3 is 17.2 Å². The second-order valence-corrected chi connectivity index (χ2v) is 9.36. The number of aryl methyl sites for hydroxylation is 1. The van der Waals surface area contributed by atoms with Gasteiger partial charge in [-0.1, -0.05) is 0 Å². The predicted octanol–water partition coefficient (Wildman–Crippen LogP) is 2.43. The molecule has 1 aliphatic heterocycles. The largest absolute Gasteiger partial charge is 0.444 e. The number of aromatic amines is 1. The fourth-order valence-corrected chi connectivity index (χ4v) is 4.11. The molecule has 3 rings (SSSR count). The molecule has 0 aliphatic carbocycles. The summed E-state index contributed by atoms with van der Waals surface area (Å²) in [7, 11) is 1.71. The number of carbonyl (C=O) groups excluding carboxylic acids is 2. The minimum atomic E-state index is -0.702. The number of hydrogen-bond acceptors (Lipinski definition) is 5. The average Bonchev–Trinajstić information content (AvgIpc) is 2.73. The van der Waals surface area contributed by atoms with E-state index in [1.807, 2.05) is 20.8 Å². The summed E-state index contributed by atoms with van der Waals surface area (Å²) in [4.78, 5) is 55.3. The number of likely N-dealkylation sites (tertiary alicyclic amines) is 1. The second-order valence-electron chi connectivity index (χ2n) is 9.36. The summed E-state index contributed by atoms with van der Waals surface area (Å²) in [6.45, 7) is 9.33. The van der Waals surface area contributed by atoms with Crippen LogP contribution in [0.15, 0.2) is 27.8 Å². The average molecular weight is 445 g/mol. The molecule has 2 amide bonds. The number of piperidine rings is 1. The van der Waals surface area contributed by atoms with Gasteiger partial charge in [-0.2, -0.15) is 0 Å². The number of fused-ring (bicyclic) bond motifs is 1. The Morgan fingerprint density at radius 1 is 1.25 bits per heavy atom. The summed E-state index contributed by atoms with van der Waals surface area (Å²) in [6, 6.07) is 5.01. The van der Waals surface area contributed by atoms with Crippen LogP contribution in [0.2, 0.25) is 0 Å². The van der Waals surface area contributed by atoms with Gasteiger partial charge in [-0.25, -0.2) is 4.79 Å². The summed E-state index contributed by atoms with van der Waals surface area (Å²) >= 11 is 0. The Hall–Kier alpha value is -3.10. The standard InChI is InChI=1S/C23H32N4O5/c1-6-27-18-10-9-16(12-17(18)24-19(28)21(27)30)20(29)26-11-7-8-15(14-26)13-25(5)22(31)32-23(2,3)4/h9-10,12,15H,6-8,11,13-14H2,1-5H3,(H,24,28). The molecule has 0 saturated carbocycles. The number of H-pyrrole nitrogens is 1. The zero-order valence-electron chi connectivity index (χ0n) is 19.4. The number of ether oxygens (including phenoxy) is 1. The lowest BCUT2D eigenvalue weighted by Crippen LogP contribution is -2.45. The van der Waals surface area contributed by atoms with Gasteiger partial charge in [0, 0.05) is 38.8 Å². The lowest BCUT2D eigenvalue weighted by atomic mass is 9.97. The molecule has 32 heavy (non-hydrogen) atoms. The van der Waals surface area contributed by atoms with E-state index in [1.165, 1.54) is 4.57 Å². The molecule has 9 nitrogen and oxygen atoms in total. The van der Waals surface area contributed by atoms with Crippen LogP contribution in [-0.2, 0) is 11.3 Å². The number of nitrogens with one attached hydrogen (secondary N) is 1. The van der Waals surface area contributed by atoms with Gasteiger partial charge in [-0.05, 0) is 64.7 Å². The van der Waals surface area contributed by atoms with Crippen LogP contribution in [0.25, 0.3) is 11.0 Å². The SMILES string of the molecule is CCn1c(=O)c(=O)[nH]c2cc(C(=O)N3CCCC(CN(C)C(=O)OC(C)(C)C)C3)ccc21. The molecule has 0 spiro atoms. The highest BCUT2D eigenvalue weighted by atomic mass is 16.6. The van der Waals surface area contributed by atoms with E-state index in [-0.39, 0.29) is 17.9 Å². The molecular weight excluding hydrogens is 412 g/mol. The Morgan fingerprint density at radius 3 is 2.62 bits per heavy atom. The Morgan fingerprint density at radius 2 is 1.97 bits per heavy atom. The van der Waals surface area contributed by atoms with Crippen molar-refractivity contribution in [2.75, 3.05) is 26.7 Å². The van der Waals surface area contributed by atoms with Gasteiger partial charge in [0.2, 0.25) is 0 Å². The van der Waals surface area contributed by atoms with Gasteiger partial charge in [0.1, 0.15) is 5.60 Å². The van der Waals surface area contributed by atoms with E-state index in [1.54, 1.807) is 42.0 Å². The fraction of sp³-hybridized carbons (Fsp3) is 0.565. The molecule has 1 aromatic carbocycles. The smallest absolute Gasteiger partial charge is 0.410 e. The molecule has 1 saturated heterocycles. The molecule has 0 radical (unpaired) electrons. The first kappa shape index (κ1) is 23.6. The number of rotatable bonds is 4. The predicted molar refractivity (Wildman–Crippen MR) is 122 cm³/mol. The van der Waals surface area contributed by atoms with Gasteiger partial charge in [0.05, 0.1) is 11.0 Å². The van der Waals surface area contributed by atoms with Crippen LogP contribution in [0.4, 0.5) is 4.79 Å². The molecule has 1 unspecified atom stereocenters. The third-order valence-corrected chi connectivity index (χ3v) is 5.58. The van der Waals surface area contributed by atoms with Gasteiger partial charge in [-0.3, -0.25) is 14.4 Å². The minimum Gasteiger partial charge on any atom is -0.444 e. The van der Waals surface area contributed by atoms with Crippen molar-refractivity contribution in [3.63, 3.8) is 0 Å². The van der Waals surface area contributed by atoms with Gasteiger partial charge < -0.3 is 24.1 Å². The normalized spacial score (nSPS) is 16.8. The van der Waals surface area contributed by atoms with Crippen LogP contribution in [0, 0.1) is 5.92 Å². The number of amides is 2. The maximum absolute atomic E-state index is 13.2. The van der Waals surface area contributed by atoms with Gasteiger partial charge in [0.15, 0.2) is 0 Å². The Kier molecular flexibility index (Phi) is 6.76. The van der Waals surface area contributed by atoms with Gasteiger partial charge in [-0.15, -0.1) is 0 Å². The lowest BCUT2D eigenvalue weighted by Gasteiger charge is -2.35. The molecule has 9 heteroatoms. The zero-order valence-corrected chi connectivity index (χ0v) is 19.4. The van der Waals surface area contributed by atoms with E-state index in [2.05, 4.69) is 4.98 Å². The summed E-state index contributed by atoms with van der Waals surface area (Å²) in [5.74, 6) is 0.0161. The first-order valence-corrected chi connectivity index (χ1v) is 11.0. The van der Waals surface area contributed by atoms with Crippen LogP contribution in [-0.4, -0.2) is 63.6 Å². The molecule has 2 heterocycles. The minimum absolute atomic E-state index is 0.133. The molecule has 1 aromatic heterocycles. The second kappa shape index (κ2) is 9.18. The molecule has 1 aliphatic rings. The fourth-order valence-electron chi connectivity index (χ4n) is 4.11. The van der Waals surface area contributed by atoms with E-state index in [0.717, 1.165) is 12.8 Å². The van der Waals surface area contributed by atoms with Crippen molar-refractivity contribution in [3.8, 4) is 0 Å². The topological polar surface area (TPSA) is 105 Å². The number of nitrogens with zero attached hydrogens (tertiary/aromatic N) is 3. The van der Waals surface area contributed by atoms with E-state index < -0.39 is 16.7 Å². The molecule has 2 aromatic rings. The van der Waals surface area contributed by atoms with Crippen LogP contribution < -0.4 is 11.1 Å². The van der Waals surface area contributed by atoms with E-state index in [9.17, 15) is 19.2 Å². The molecular formula is C23H32N4O5. The van der Waals surface area contributed by atoms with Crippen LogP contribution >= 0.6 is 0 Å². The van der Waals surface area contributed by atoms with Crippen LogP contribution in [0.1, 0.15) is 50.9 Å². The Labute approximate surface area is 187 Å². The number of carbonyl (C=O) groups is 2. The highest BCUT2D eigenvalue weighted by Gasteiger charge is 2.28. The van der Waals surface area contributed by atoms with Crippen LogP contribution in [0.3, 0.4) is 0 Å². The zero-order chi connectivity index (χ0) is 23.6. The van der Waals surface area contributed by atoms with Crippen molar-refractivity contribution in [2.24, 2.45) is 5.92 Å². The maximum Gasteiger partial charge on any atom is 0.410 e. The summed E-state index contributed by atoms with van der Waals surface area (Å²) in [5, 5.41) is 0. The summed E-state index contributed by atoms with van der Waals surface area (Å²) in [6.07, 6.45) is 1.39. The molecule has 1 atom stereocenters. The maximum atomic E-state index is 13.2. The van der Waals surface area contributed by atoms with Gasteiger partial charge in [0.25, 0.3) is 5.91 Å². The van der Waals surface area contributed by atoms with Crippen molar-refractivity contribution < 1.29 is 14.3 Å². The van der Waals surface area contributed by atoms with E-state index >= 15 is 0 Å². The van der Waals surface area contributed by atoms with E-state index in [0.29, 0.717) is 42.8 Å². The van der Waals surface area contributed by atoms with Crippen molar-refractivity contribution in [1.29, 1.82) is 0 Å². The highest BCUT2D eigenvalue weighted by molar-refractivity contribution is 5.97. The van der Waals surface area contributed by atoms with Crippen molar-refractivity contribution in [2.45, 2.75) is 52.7 Å². The Balaban J connectivity index is 1.74. The van der Waals surface area contributed by atoms with Crippen molar-refractivity contribution in [3.05, 3.63) is 44.5 Å². The molecule has 1 N–H and O–H groups in total. The highest BCUT2D eigenvalue weighted by Crippen LogP contribution is 2.21. The molecule has 174 valence electrons. The van der Waals surface area contributed by atoms with E-state index in [4.69, 9.17) is 4.74 Å². The Bertz CT molecular complexity index is 1130. The monoisotopic (exact) mass is 444 g/mol. The van der Waals surface area contributed by atoms with Crippen molar-refractivity contribution in [1.82, 2.24) is 19.4 Å². The third-order valence-electron chi connectivity index (χ3n) is 5.58. The number of aromatic nitrogens is 2. The lowest BCUT2D eigenvalue weighted by molar-refractivity contribution is 0.0244. The summed E-state index contributed by atoms with van der Waals surface area (Å²) < 4.78 is 6.81. The summed E-state index contributed by atoms with van der Waals surface area (Å²) in [5.41, 5.74) is -0.362. The quantitative estimate of drug-likeness (QED) is 0.730. The first-order valence-electron chi connectivity index (χ1n) is 11.0. The number of benzene rings is 1. The number of hydrogen-bond donors (Lipinski definition) is 1.